The van der Waals surface area contributed by atoms with E-state index in [-0.39, 0.29) is 11.5 Å². The van der Waals surface area contributed by atoms with E-state index in [0.717, 1.165) is 5.56 Å². The number of Topliss-reactive ketones (excluding diaryl/α,β-unsaturated/α-hetero) is 1. The van der Waals surface area contributed by atoms with Gasteiger partial charge in [-0.1, -0.05) is 18.2 Å². The molecule has 138 valence electrons. The molecule has 0 spiro atoms. The van der Waals surface area contributed by atoms with Crippen LogP contribution in [-0.2, 0) is 0 Å². The molecule has 0 atom stereocenters. The van der Waals surface area contributed by atoms with Crippen molar-refractivity contribution in [2.24, 2.45) is 0 Å². The zero-order valence-corrected chi connectivity index (χ0v) is 14.1. The molecule has 0 bridgehead atoms. The topological polar surface area (TPSA) is 64.1 Å². The van der Waals surface area contributed by atoms with Crippen LogP contribution >= 0.6 is 0 Å². The molecule has 1 N–H and O–H groups in total. The molecule has 0 radical (unpaired) electrons. The lowest BCUT2D eigenvalue weighted by Gasteiger charge is -2.10. The summed E-state index contributed by atoms with van der Waals surface area (Å²) in [6.07, 6.45) is -3.37. The second kappa shape index (κ2) is 7.45. The number of ether oxygens (including phenoxy) is 1. The molecule has 0 amide bonds. The van der Waals surface area contributed by atoms with Gasteiger partial charge in [-0.15, -0.1) is 13.2 Å². The van der Waals surface area contributed by atoms with Gasteiger partial charge in [0.05, 0.1) is 5.69 Å². The van der Waals surface area contributed by atoms with E-state index in [4.69, 9.17) is 0 Å². The van der Waals surface area contributed by atoms with Gasteiger partial charge < -0.3 is 10.1 Å². The highest BCUT2D eigenvalue weighted by atomic mass is 19.4. The number of carbonyl (C=O) groups is 1. The van der Waals surface area contributed by atoms with Gasteiger partial charge in [-0.25, -0.2) is 9.97 Å². The number of benzene rings is 2. The van der Waals surface area contributed by atoms with Crippen molar-refractivity contribution in [2.45, 2.75) is 13.3 Å². The zero-order chi connectivity index (χ0) is 19.4. The zero-order valence-electron chi connectivity index (χ0n) is 14.1. The van der Waals surface area contributed by atoms with Gasteiger partial charge in [0, 0.05) is 22.9 Å². The van der Waals surface area contributed by atoms with Crippen LogP contribution in [0.4, 0.5) is 24.7 Å². The minimum atomic E-state index is -4.73. The van der Waals surface area contributed by atoms with Gasteiger partial charge in [0.15, 0.2) is 5.78 Å². The fraction of sp³-hybridized carbons (Fsp3) is 0.105. The summed E-state index contributed by atoms with van der Waals surface area (Å²) >= 11 is 0. The molecule has 2 aromatic carbocycles. The van der Waals surface area contributed by atoms with Crippen LogP contribution in [-0.4, -0.2) is 22.1 Å². The number of hydrogen-bond donors (Lipinski definition) is 1. The number of hydrogen-bond acceptors (Lipinski definition) is 5. The first kappa shape index (κ1) is 18.4. The lowest BCUT2D eigenvalue weighted by molar-refractivity contribution is -0.274. The van der Waals surface area contributed by atoms with Crippen LogP contribution in [0.3, 0.4) is 0 Å². The SMILES string of the molecule is CC(=O)c1cccc(-c2cc(Nc3ccc(OC(F)(F)F)cc3)ncn2)c1. The van der Waals surface area contributed by atoms with E-state index >= 15 is 0 Å². The molecule has 27 heavy (non-hydrogen) atoms. The summed E-state index contributed by atoms with van der Waals surface area (Å²) in [5, 5.41) is 2.99. The van der Waals surface area contributed by atoms with Crippen molar-refractivity contribution in [1.29, 1.82) is 0 Å². The summed E-state index contributed by atoms with van der Waals surface area (Å²) in [6, 6.07) is 14.0. The molecule has 0 unspecified atom stereocenters. The summed E-state index contributed by atoms with van der Waals surface area (Å²) in [5.41, 5.74) is 2.46. The van der Waals surface area contributed by atoms with Crippen LogP contribution in [0.1, 0.15) is 17.3 Å². The monoisotopic (exact) mass is 373 g/mol. The van der Waals surface area contributed by atoms with Crippen LogP contribution in [0.25, 0.3) is 11.3 Å². The third kappa shape index (κ3) is 5.04. The van der Waals surface area contributed by atoms with Crippen molar-refractivity contribution in [2.75, 3.05) is 5.32 Å². The number of rotatable bonds is 5. The number of anilines is 2. The number of ketones is 1. The first-order valence-corrected chi connectivity index (χ1v) is 7.86. The number of alkyl halides is 3. The Kier molecular flexibility index (Phi) is 5.07. The molecule has 5 nitrogen and oxygen atoms in total. The fourth-order valence-electron chi connectivity index (χ4n) is 2.37. The molecule has 0 aliphatic rings. The van der Waals surface area contributed by atoms with Crippen molar-refractivity contribution >= 4 is 17.3 Å². The maximum Gasteiger partial charge on any atom is 0.573 e. The Morgan fingerprint density at radius 2 is 1.78 bits per heavy atom. The van der Waals surface area contributed by atoms with E-state index in [1.807, 2.05) is 6.07 Å². The summed E-state index contributed by atoms with van der Waals surface area (Å²) in [6.45, 7) is 1.48. The predicted molar refractivity (Wildman–Crippen MR) is 93.9 cm³/mol. The normalized spacial score (nSPS) is 11.1. The van der Waals surface area contributed by atoms with Gasteiger partial charge in [0.2, 0.25) is 0 Å². The Labute approximate surface area is 152 Å². The van der Waals surface area contributed by atoms with Crippen molar-refractivity contribution in [3.05, 3.63) is 66.5 Å². The Hall–Kier alpha value is -3.42. The van der Waals surface area contributed by atoms with Gasteiger partial charge in [-0.05, 0) is 37.3 Å². The average molecular weight is 373 g/mol. The van der Waals surface area contributed by atoms with E-state index in [1.54, 1.807) is 24.3 Å². The molecule has 8 heteroatoms. The van der Waals surface area contributed by atoms with Crippen LogP contribution in [0.2, 0.25) is 0 Å². The third-order valence-corrected chi connectivity index (χ3v) is 3.59. The van der Waals surface area contributed by atoms with Gasteiger partial charge in [0.1, 0.15) is 17.9 Å². The molecule has 1 heterocycles. The number of nitrogens with one attached hydrogen (secondary N) is 1. The minimum absolute atomic E-state index is 0.0505. The molecule has 3 aromatic rings. The molecule has 0 saturated heterocycles. The van der Waals surface area contributed by atoms with Gasteiger partial charge in [-0.2, -0.15) is 0 Å². The fourth-order valence-corrected chi connectivity index (χ4v) is 2.37. The Morgan fingerprint density at radius 3 is 2.44 bits per heavy atom. The van der Waals surface area contributed by atoms with Crippen LogP contribution in [0, 0.1) is 0 Å². The maximum absolute atomic E-state index is 12.2. The summed E-state index contributed by atoms with van der Waals surface area (Å²) < 4.78 is 40.4. The Balaban J connectivity index is 1.78. The first-order valence-electron chi connectivity index (χ1n) is 7.86. The molecule has 0 saturated carbocycles. The maximum atomic E-state index is 12.2. The highest BCUT2D eigenvalue weighted by Crippen LogP contribution is 2.26. The lowest BCUT2D eigenvalue weighted by atomic mass is 10.1. The van der Waals surface area contributed by atoms with E-state index in [0.29, 0.717) is 22.8 Å². The van der Waals surface area contributed by atoms with Crippen LogP contribution in [0.5, 0.6) is 5.75 Å². The summed E-state index contributed by atoms with van der Waals surface area (Å²) in [7, 11) is 0. The molecule has 0 aliphatic heterocycles. The van der Waals surface area contributed by atoms with E-state index in [2.05, 4.69) is 20.0 Å². The molecular formula is C19H14F3N3O2. The predicted octanol–water partition coefficient (Wildman–Crippen LogP) is 4.99. The summed E-state index contributed by atoms with van der Waals surface area (Å²) in [4.78, 5) is 19.8. The average Bonchev–Trinajstić information content (AvgIpc) is 2.62. The van der Waals surface area contributed by atoms with Crippen molar-refractivity contribution in [3.63, 3.8) is 0 Å². The van der Waals surface area contributed by atoms with Crippen molar-refractivity contribution in [3.8, 4) is 17.0 Å². The second-order valence-corrected chi connectivity index (χ2v) is 5.62. The molecule has 3 rings (SSSR count). The number of carbonyl (C=O) groups excluding carboxylic acids is 1. The van der Waals surface area contributed by atoms with Crippen molar-refractivity contribution < 1.29 is 22.7 Å². The molecular weight excluding hydrogens is 359 g/mol. The van der Waals surface area contributed by atoms with Crippen LogP contribution in [0.15, 0.2) is 60.9 Å². The Bertz CT molecular complexity index is 957. The third-order valence-electron chi connectivity index (χ3n) is 3.59. The van der Waals surface area contributed by atoms with E-state index in [1.165, 1.54) is 37.5 Å². The Morgan fingerprint density at radius 1 is 1.04 bits per heavy atom. The quantitative estimate of drug-likeness (QED) is 0.639. The number of nitrogens with zero attached hydrogens (tertiary/aromatic N) is 2. The highest BCUT2D eigenvalue weighted by Gasteiger charge is 2.30. The van der Waals surface area contributed by atoms with Gasteiger partial charge in [-0.3, -0.25) is 4.79 Å². The number of halogens is 3. The highest BCUT2D eigenvalue weighted by molar-refractivity contribution is 5.95. The largest absolute Gasteiger partial charge is 0.573 e. The van der Waals surface area contributed by atoms with Crippen LogP contribution < -0.4 is 10.1 Å². The minimum Gasteiger partial charge on any atom is -0.406 e. The molecule has 0 aliphatic carbocycles. The molecule has 1 aromatic heterocycles. The summed E-state index contributed by atoms with van der Waals surface area (Å²) in [5.74, 6) is 0.0978. The van der Waals surface area contributed by atoms with Gasteiger partial charge >= 0.3 is 6.36 Å². The smallest absolute Gasteiger partial charge is 0.406 e. The lowest BCUT2D eigenvalue weighted by Crippen LogP contribution is -2.16. The molecule has 0 fully saturated rings. The first-order chi connectivity index (χ1) is 12.8. The van der Waals surface area contributed by atoms with Crippen molar-refractivity contribution in [1.82, 2.24) is 9.97 Å². The van der Waals surface area contributed by atoms with E-state index < -0.39 is 6.36 Å². The van der Waals surface area contributed by atoms with Gasteiger partial charge in [0.25, 0.3) is 0 Å². The standard InChI is InChI=1S/C19H14F3N3O2/c1-12(26)13-3-2-4-14(9-13)17-10-18(24-11-23-17)25-15-5-7-16(8-6-15)27-19(20,21)22/h2-11H,1H3,(H,23,24,25). The second-order valence-electron chi connectivity index (χ2n) is 5.62. The van der Waals surface area contributed by atoms with E-state index in [9.17, 15) is 18.0 Å². The number of aromatic nitrogens is 2.